The number of nitrogens with two attached hydrogens (primary N) is 1. The number of amides is 2. The van der Waals surface area contributed by atoms with Crippen molar-refractivity contribution >= 4 is 75.1 Å². The number of anilines is 1. The van der Waals surface area contributed by atoms with Crippen LogP contribution in [0.2, 0.25) is 0 Å². The molecular weight excluding hydrogens is 595 g/mol. The molecule has 0 saturated carbocycles. The Bertz CT molecular complexity index is 1580. The average molecular weight is 618 g/mol. The van der Waals surface area contributed by atoms with Crippen LogP contribution in [0, 0.1) is 0 Å². The largest absolute Gasteiger partial charge is 0.428 e. The summed E-state index contributed by atoms with van der Waals surface area (Å²) >= 11 is 3.98. The molecule has 3 aromatic rings. The number of thioether (sulfide) groups is 2. The number of hydrogen-bond acceptors (Lipinski definition) is 14. The molecule has 3 N–H and O–H groups in total. The maximum Gasteiger partial charge on any atom is 0.357 e. The Morgan fingerprint density at radius 2 is 2.12 bits per heavy atom. The minimum absolute atomic E-state index is 0.0553. The number of nitrogens with zero attached hydrogens (tertiary/aromatic N) is 5. The summed E-state index contributed by atoms with van der Waals surface area (Å²) in [6.07, 6.45) is 3.52. The molecule has 2 aliphatic rings. The van der Waals surface area contributed by atoms with Gasteiger partial charge in [0, 0.05) is 36.2 Å². The summed E-state index contributed by atoms with van der Waals surface area (Å²) in [5.41, 5.74) is 7.23. The van der Waals surface area contributed by atoms with E-state index in [1.54, 1.807) is 11.6 Å². The fourth-order valence-corrected chi connectivity index (χ4v) is 7.17. The first kappa shape index (κ1) is 28.4. The van der Waals surface area contributed by atoms with Gasteiger partial charge < -0.3 is 25.4 Å². The third-order valence-electron chi connectivity index (χ3n) is 5.93. The van der Waals surface area contributed by atoms with Crippen molar-refractivity contribution in [2.75, 3.05) is 31.1 Å². The van der Waals surface area contributed by atoms with E-state index in [9.17, 15) is 19.2 Å². The van der Waals surface area contributed by atoms with Crippen molar-refractivity contribution in [3.05, 3.63) is 52.9 Å². The van der Waals surface area contributed by atoms with Gasteiger partial charge in [0.15, 0.2) is 10.8 Å². The van der Waals surface area contributed by atoms with Crippen LogP contribution >= 0.6 is 34.9 Å². The van der Waals surface area contributed by atoms with Gasteiger partial charge in [-0.25, -0.2) is 14.8 Å². The number of fused-ring (bicyclic) bond motifs is 2. The molecule has 1 saturated heterocycles. The molecule has 17 heteroatoms. The fraction of sp³-hybridized carbons (Fsp3) is 0.292. The number of oxime groups is 1. The number of β-lactam (4-membered cyclic amide) rings is 1. The summed E-state index contributed by atoms with van der Waals surface area (Å²) < 4.78 is 11.8. The molecule has 5 heterocycles. The number of pyridine rings is 1. The highest BCUT2D eigenvalue weighted by atomic mass is 32.2. The van der Waals surface area contributed by atoms with Crippen molar-refractivity contribution in [2.24, 2.45) is 5.16 Å². The Balaban J connectivity index is 1.36. The van der Waals surface area contributed by atoms with Crippen molar-refractivity contribution in [1.29, 1.82) is 0 Å². The number of carbonyl (C=O) groups is 4. The smallest absolute Gasteiger partial charge is 0.357 e. The van der Waals surface area contributed by atoms with Crippen molar-refractivity contribution in [3.63, 3.8) is 0 Å². The lowest BCUT2D eigenvalue weighted by Crippen LogP contribution is -2.71. The molecule has 2 amide bonds. The Labute approximate surface area is 245 Å². The Hall–Kier alpha value is -4.09. The van der Waals surface area contributed by atoms with Crippen LogP contribution in [0.15, 0.2) is 57.4 Å². The summed E-state index contributed by atoms with van der Waals surface area (Å²) in [4.78, 5) is 65.2. The molecule has 0 radical (unpaired) electrons. The van der Waals surface area contributed by atoms with Gasteiger partial charge in [-0.15, -0.1) is 34.9 Å². The highest BCUT2D eigenvalue weighted by molar-refractivity contribution is 8.01. The lowest BCUT2D eigenvalue weighted by atomic mass is 10.0. The lowest BCUT2D eigenvalue weighted by molar-refractivity contribution is -0.166. The van der Waals surface area contributed by atoms with Gasteiger partial charge in [-0.3, -0.25) is 23.7 Å². The number of carbonyl (C=O) groups excluding carboxylic acids is 4. The summed E-state index contributed by atoms with van der Waals surface area (Å²) in [5.74, 6) is -1.88. The van der Waals surface area contributed by atoms with Gasteiger partial charge in [-0.05, 0) is 17.7 Å². The molecule has 0 spiro atoms. The maximum absolute atomic E-state index is 13.4. The Morgan fingerprint density at radius 3 is 2.85 bits per heavy atom. The average Bonchev–Trinajstić information content (AvgIpc) is 3.61. The molecule has 214 valence electrons. The van der Waals surface area contributed by atoms with E-state index >= 15 is 0 Å². The quantitative estimate of drug-likeness (QED) is 0.0831. The van der Waals surface area contributed by atoms with Gasteiger partial charge in [0.1, 0.15) is 35.6 Å². The van der Waals surface area contributed by atoms with Crippen LogP contribution in [-0.2, 0) is 33.5 Å². The molecule has 41 heavy (non-hydrogen) atoms. The van der Waals surface area contributed by atoms with Gasteiger partial charge in [0.05, 0.1) is 5.03 Å². The number of hydrogen-bond donors (Lipinski definition) is 2. The third-order valence-corrected chi connectivity index (χ3v) is 9.06. The first-order chi connectivity index (χ1) is 19.8. The van der Waals surface area contributed by atoms with E-state index in [1.165, 1.54) is 42.5 Å². The number of aromatic nitrogens is 3. The van der Waals surface area contributed by atoms with Crippen molar-refractivity contribution in [1.82, 2.24) is 24.6 Å². The molecule has 0 aliphatic carbocycles. The van der Waals surface area contributed by atoms with E-state index in [0.29, 0.717) is 17.1 Å². The van der Waals surface area contributed by atoms with E-state index in [-0.39, 0.29) is 22.2 Å². The second-order valence-electron chi connectivity index (χ2n) is 8.50. The number of nitrogens with one attached hydrogen (secondary N) is 1. The second-order valence-corrected chi connectivity index (χ2v) is 11.5. The number of esters is 2. The van der Waals surface area contributed by atoms with E-state index in [2.05, 4.69) is 20.4 Å². The van der Waals surface area contributed by atoms with E-state index < -0.39 is 42.0 Å². The Morgan fingerprint density at radius 1 is 1.29 bits per heavy atom. The molecule has 2 atom stereocenters. The van der Waals surface area contributed by atoms with Crippen molar-refractivity contribution in [3.8, 4) is 0 Å². The molecule has 0 aromatic carbocycles. The number of rotatable bonds is 10. The summed E-state index contributed by atoms with van der Waals surface area (Å²) in [5, 5.41) is 8.51. The molecule has 3 aromatic heterocycles. The van der Waals surface area contributed by atoms with Gasteiger partial charge in [-0.2, -0.15) is 0 Å². The zero-order chi connectivity index (χ0) is 29.1. The predicted molar refractivity (Wildman–Crippen MR) is 151 cm³/mol. The molecule has 2 aliphatic heterocycles. The van der Waals surface area contributed by atoms with Crippen LogP contribution in [0.4, 0.5) is 5.13 Å². The highest BCUT2D eigenvalue weighted by Crippen LogP contribution is 2.42. The summed E-state index contributed by atoms with van der Waals surface area (Å²) in [7, 11) is 1.28. The van der Waals surface area contributed by atoms with Crippen LogP contribution in [0.1, 0.15) is 12.6 Å². The zero-order valence-electron chi connectivity index (χ0n) is 21.6. The van der Waals surface area contributed by atoms with Crippen LogP contribution in [0.3, 0.4) is 0 Å². The minimum Gasteiger partial charge on any atom is -0.428 e. The van der Waals surface area contributed by atoms with Crippen LogP contribution in [0.25, 0.3) is 5.65 Å². The monoisotopic (exact) mass is 617 g/mol. The van der Waals surface area contributed by atoms with Gasteiger partial charge in [0.25, 0.3) is 11.8 Å². The van der Waals surface area contributed by atoms with E-state index in [4.69, 9.17) is 20.0 Å². The summed E-state index contributed by atoms with van der Waals surface area (Å²) in [6.45, 7) is 0.590. The van der Waals surface area contributed by atoms with Crippen LogP contribution in [-0.4, -0.2) is 85.6 Å². The number of ether oxygens (including phenoxy) is 2. The first-order valence-electron chi connectivity index (χ1n) is 11.9. The first-order valence-corrected chi connectivity index (χ1v) is 14.8. The molecule has 1 unspecified atom stereocenters. The fourth-order valence-electron chi connectivity index (χ4n) is 4.12. The van der Waals surface area contributed by atoms with Gasteiger partial charge in [0.2, 0.25) is 6.79 Å². The number of imidazole rings is 1. The SMILES string of the molecule is CO/N=C(\C(=O)NC1C(=O)N2C(C(=O)OCOC(C)=O)=C(CSc3cccc4nccn34)CS[C@H]12)c1csc(N)n1. The maximum atomic E-state index is 13.4. The summed E-state index contributed by atoms with van der Waals surface area (Å²) in [6, 6.07) is 4.73. The van der Waals surface area contributed by atoms with E-state index in [1.807, 2.05) is 28.8 Å². The molecular formula is C24H23N7O7S3. The van der Waals surface area contributed by atoms with Crippen LogP contribution < -0.4 is 11.1 Å². The molecule has 5 rings (SSSR count). The highest BCUT2D eigenvalue weighted by Gasteiger charge is 2.54. The molecule has 0 bridgehead atoms. The lowest BCUT2D eigenvalue weighted by Gasteiger charge is -2.49. The normalized spacial score (nSPS) is 18.5. The van der Waals surface area contributed by atoms with Gasteiger partial charge in [-0.1, -0.05) is 11.2 Å². The molecule has 1 fully saturated rings. The Kier molecular flexibility index (Phi) is 8.46. The van der Waals surface area contributed by atoms with E-state index in [0.717, 1.165) is 22.0 Å². The second kappa shape index (κ2) is 12.2. The zero-order valence-corrected chi connectivity index (χ0v) is 24.1. The number of nitrogen functional groups attached to an aromatic ring is 1. The predicted octanol–water partition coefficient (Wildman–Crippen LogP) is 1.23. The minimum atomic E-state index is -0.948. The van der Waals surface area contributed by atoms with Crippen molar-refractivity contribution in [2.45, 2.75) is 23.4 Å². The van der Waals surface area contributed by atoms with Crippen molar-refractivity contribution < 1.29 is 33.5 Å². The molecule has 14 nitrogen and oxygen atoms in total. The van der Waals surface area contributed by atoms with Gasteiger partial charge >= 0.3 is 11.9 Å². The third kappa shape index (κ3) is 5.86. The number of thiazole rings is 1. The standard InChI is InChI=1S/C24H23N7O7S3/c1-12(32)37-11-38-23(35)19-13(8-39-16-5-3-4-15-26-6-7-30(15)16)9-40-22-18(21(34)31(19)22)28-20(33)17(29-36-2)14-10-41-24(25)27-14/h3-7,10,18,22H,8-9,11H2,1-2H3,(H2,25,27)(H,28,33)/b29-17-/t18?,22-/m1/s1. The van der Waals surface area contributed by atoms with Crippen LogP contribution in [0.5, 0.6) is 0 Å². The topological polar surface area (TPSA) is 180 Å².